The Morgan fingerprint density at radius 1 is 1.00 bits per heavy atom. The quantitative estimate of drug-likeness (QED) is 0.746. The van der Waals surface area contributed by atoms with Gasteiger partial charge in [0.25, 0.3) is 5.22 Å². The lowest BCUT2D eigenvalue weighted by Gasteiger charge is -2.02. The molecule has 1 heterocycles. The lowest BCUT2D eigenvalue weighted by atomic mass is 10.1. The summed E-state index contributed by atoms with van der Waals surface area (Å²) in [6.45, 7) is 0. The van der Waals surface area contributed by atoms with Crippen molar-refractivity contribution in [3.8, 4) is 0 Å². The van der Waals surface area contributed by atoms with Gasteiger partial charge in [0.15, 0.2) is 5.58 Å². The first-order valence-corrected chi connectivity index (χ1v) is 6.87. The zero-order valence-corrected chi connectivity index (χ0v) is 11.5. The zero-order chi connectivity index (χ0) is 14.8. The first-order chi connectivity index (χ1) is 10.1. The normalized spacial score (nSPS) is 10.7. The molecule has 5 nitrogen and oxygen atoms in total. The van der Waals surface area contributed by atoms with Crippen molar-refractivity contribution in [2.24, 2.45) is 0 Å². The van der Waals surface area contributed by atoms with Crippen LogP contribution >= 0.6 is 11.8 Å². The fourth-order valence-electron chi connectivity index (χ4n) is 1.88. The Hall–Kier alpha value is -2.60. The number of rotatable bonds is 3. The van der Waals surface area contributed by atoms with Crippen LogP contribution in [0.2, 0.25) is 0 Å². The van der Waals surface area contributed by atoms with E-state index in [0.29, 0.717) is 11.1 Å². The van der Waals surface area contributed by atoms with Crippen LogP contribution in [0.25, 0.3) is 11.1 Å². The number of carbonyl (C=O) groups excluding carboxylic acids is 1. The third-order valence-electron chi connectivity index (χ3n) is 2.83. The van der Waals surface area contributed by atoms with Crippen LogP contribution in [-0.2, 0) is 0 Å². The number of benzene rings is 2. The highest BCUT2D eigenvalue weighted by atomic mass is 32.2. The van der Waals surface area contributed by atoms with Crippen molar-refractivity contribution in [1.82, 2.24) is 4.98 Å². The van der Waals surface area contributed by atoms with Crippen LogP contribution in [0.3, 0.4) is 0 Å². The third kappa shape index (κ3) is 2.66. The Bertz CT molecular complexity index is 807. The number of aromatic carboxylic acids is 1. The molecule has 0 aliphatic heterocycles. The number of thioether (sulfide) groups is 1. The molecule has 1 N–H and O–H groups in total. The summed E-state index contributed by atoms with van der Waals surface area (Å²) >= 11 is 0.774. The summed E-state index contributed by atoms with van der Waals surface area (Å²) in [6.07, 6.45) is 0. The molecule has 0 aliphatic carbocycles. The van der Waals surface area contributed by atoms with Gasteiger partial charge in [-0.1, -0.05) is 24.3 Å². The topological polar surface area (TPSA) is 80.4 Å². The Morgan fingerprint density at radius 3 is 2.38 bits per heavy atom. The van der Waals surface area contributed by atoms with E-state index in [1.54, 1.807) is 24.3 Å². The summed E-state index contributed by atoms with van der Waals surface area (Å²) < 4.78 is 5.44. The van der Waals surface area contributed by atoms with Gasteiger partial charge in [0, 0.05) is 17.3 Å². The maximum Gasteiger partial charge on any atom is 0.336 e. The molecular weight excluding hydrogens is 290 g/mol. The predicted octanol–water partition coefficient (Wildman–Crippen LogP) is 3.46. The lowest BCUT2D eigenvalue weighted by Crippen LogP contribution is -2.05. The molecule has 104 valence electrons. The van der Waals surface area contributed by atoms with Crippen LogP contribution in [0, 0.1) is 0 Å². The highest BCUT2D eigenvalue weighted by Gasteiger charge is 2.19. The molecule has 0 amide bonds. The Morgan fingerprint density at radius 2 is 1.67 bits per heavy atom. The summed E-state index contributed by atoms with van der Waals surface area (Å²) in [7, 11) is 0. The molecular formula is C15H9NO4S. The van der Waals surface area contributed by atoms with Crippen LogP contribution in [-0.4, -0.2) is 21.2 Å². The van der Waals surface area contributed by atoms with Gasteiger partial charge in [0.2, 0.25) is 5.12 Å². The van der Waals surface area contributed by atoms with Crippen molar-refractivity contribution >= 4 is 33.9 Å². The van der Waals surface area contributed by atoms with Crippen LogP contribution in [0.4, 0.5) is 0 Å². The van der Waals surface area contributed by atoms with Gasteiger partial charge in [-0.05, 0) is 24.3 Å². The second-order valence-corrected chi connectivity index (χ2v) is 5.11. The summed E-state index contributed by atoms with van der Waals surface area (Å²) in [5, 5.41) is 8.87. The molecule has 0 fully saturated rings. The number of carboxylic acids is 1. The van der Waals surface area contributed by atoms with E-state index >= 15 is 0 Å². The molecule has 1 aromatic heterocycles. The summed E-state index contributed by atoms with van der Waals surface area (Å²) in [5.41, 5.74) is 1.32. The SMILES string of the molecule is O=C(O)c1ccccc1C(=O)Sc1nc2ccccc2o1. The molecule has 0 bridgehead atoms. The van der Waals surface area contributed by atoms with E-state index in [0.717, 1.165) is 11.8 Å². The zero-order valence-electron chi connectivity index (χ0n) is 10.6. The van der Waals surface area contributed by atoms with Gasteiger partial charge >= 0.3 is 5.97 Å². The van der Waals surface area contributed by atoms with Crippen LogP contribution in [0.5, 0.6) is 0 Å². The number of oxazole rings is 1. The van der Waals surface area contributed by atoms with Crippen molar-refractivity contribution in [2.75, 3.05) is 0 Å². The van der Waals surface area contributed by atoms with E-state index in [1.165, 1.54) is 12.1 Å². The fourth-order valence-corrected chi connectivity index (χ4v) is 2.60. The van der Waals surface area contributed by atoms with Gasteiger partial charge in [0.1, 0.15) is 5.52 Å². The number of carboxylic acid groups (broad SMARTS) is 1. The second-order valence-electron chi connectivity index (χ2n) is 4.19. The van der Waals surface area contributed by atoms with Crippen LogP contribution < -0.4 is 0 Å². The molecule has 0 unspecified atom stereocenters. The summed E-state index contributed by atoms with van der Waals surface area (Å²) in [6, 6.07) is 13.2. The molecule has 21 heavy (non-hydrogen) atoms. The molecule has 0 saturated carbocycles. The average Bonchev–Trinajstić information content (AvgIpc) is 2.89. The highest BCUT2D eigenvalue weighted by Crippen LogP contribution is 2.27. The maximum atomic E-state index is 12.2. The maximum absolute atomic E-state index is 12.2. The van der Waals surface area contributed by atoms with Crippen molar-refractivity contribution in [3.63, 3.8) is 0 Å². The standard InChI is InChI=1S/C15H9NO4S/c17-13(18)9-5-1-2-6-10(9)14(19)21-15-16-11-7-3-4-8-12(11)20-15/h1-8H,(H,17,18). The summed E-state index contributed by atoms with van der Waals surface area (Å²) in [5.74, 6) is -1.14. The van der Waals surface area contributed by atoms with E-state index in [-0.39, 0.29) is 16.3 Å². The molecule has 6 heteroatoms. The van der Waals surface area contributed by atoms with E-state index in [1.807, 2.05) is 12.1 Å². The van der Waals surface area contributed by atoms with Crippen LogP contribution in [0.1, 0.15) is 20.7 Å². The van der Waals surface area contributed by atoms with E-state index in [9.17, 15) is 9.59 Å². The molecule has 3 aromatic rings. The van der Waals surface area contributed by atoms with E-state index in [4.69, 9.17) is 9.52 Å². The molecule has 0 spiro atoms. The Kier molecular flexibility index (Phi) is 3.45. The van der Waals surface area contributed by atoms with Gasteiger partial charge in [-0.2, -0.15) is 0 Å². The van der Waals surface area contributed by atoms with Gasteiger partial charge in [-0.15, -0.1) is 0 Å². The second kappa shape index (κ2) is 5.41. The van der Waals surface area contributed by atoms with E-state index in [2.05, 4.69) is 4.98 Å². The first-order valence-electron chi connectivity index (χ1n) is 6.05. The minimum Gasteiger partial charge on any atom is -0.478 e. The van der Waals surface area contributed by atoms with E-state index < -0.39 is 11.1 Å². The van der Waals surface area contributed by atoms with Gasteiger partial charge in [-0.25, -0.2) is 9.78 Å². The van der Waals surface area contributed by atoms with Crippen molar-refractivity contribution in [3.05, 3.63) is 59.7 Å². The first kappa shape index (κ1) is 13.4. The minimum atomic E-state index is -1.14. The number of aromatic nitrogens is 1. The molecule has 3 rings (SSSR count). The average molecular weight is 299 g/mol. The van der Waals surface area contributed by atoms with Crippen LogP contribution in [0.15, 0.2) is 58.2 Å². The minimum absolute atomic E-state index is 0.0360. The number of hydrogen-bond acceptors (Lipinski definition) is 5. The number of para-hydroxylation sites is 2. The number of carbonyl (C=O) groups is 2. The highest BCUT2D eigenvalue weighted by molar-refractivity contribution is 8.14. The monoisotopic (exact) mass is 299 g/mol. The van der Waals surface area contributed by atoms with Gasteiger partial charge in [0.05, 0.1) is 5.56 Å². The smallest absolute Gasteiger partial charge is 0.336 e. The molecule has 0 atom stereocenters. The van der Waals surface area contributed by atoms with Gasteiger partial charge in [-0.3, -0.25) is 4.79 Å². The van der Waals surface area contributed by atoms with Crippen molar-refractivity contribution in [2.45, 2.75) is 5.22 Å². The number of nitrogens with zero attached hydrogens (tertiary/aromatic N) is 1. The largest absolute Gasteiger partial charge is 0.478 e. The molecule has 0 radical (unpaired) electrons. The third-order valence-corrected chi connectivity index (χ3v) is 3.59. The number of fused-ring (bicyclic) bond motifs is 1. The Labute approximate surface area is 123 Å². The van der Waals surface area contributed by atoms with Crippen molar-refractivity contribution < 1.29 is 19.1 Å². The van der Waals surface area contributed by atoms with Crippen molar-refractivity contribution in [1.29, 1.82) is 0 Å². The summed E-state index contributed by atoms with van der Waals surface area (Å²) in [4.78, 5) is 27.5. The van der Waals surface area contributed by atoms with Gasteiger partial charge < -0.3 is 9.52 Å². The fraction of sp³-hybridized carbons (Fsp3) is 0. The molecule has 0 saturated heterocycles. The number of hydrogen-bond donors (Lipinski definition) is 1. The predicted molar refractivity (Wildman–Crippen MR) is 77.6 cm³/mol. The molecule has 2 aromatic carbocycles. The molecule has 0 aliphatic rings. The lowest BCUT2D eigenvalue weighted by molar-refractivity contribution is 0.0693. The Balaban J connectivity index is 1.91.